The molecule has 0 spiro atoms. The smallest absolute Gasteiger partial charge is 0.326 e. The maximum Gasteiger partial charge on any atom is 0.326 e. The lowest BCUT2D eigenvalue weighted by Gasteiger charge is -2.02. The van der Waals surface area contributed by atoms with Crippen LogP contribution in [0.25, 0.3) is 10.9 Å². The van der Waals surface area contributed by atoms with Gasteiger partial charge in [0.15, 0.2) is 5.88 Å². The second kappa shape index (κ2) is 3.64. The van der Waals surface area contributed by atoms with Crippen LogP contribution in [0.15, 0.2) is 29.2 Å². The Morgan fingerprint density at radius 1 is 1.44 bits per heavy atom. The number of amides is 1. The number of nitrogens with two attached hydrogens (primary N) is 1. The average Bonchev–Trinajstić information content (AvgIpc) is 2.51. The number of carbonyl (C=O) groups excluding carboxylic acids is 1. The van der Waals surface area contributed by atoms with E-state index >= 15 is 0 Å². The summed E-state index contributed by atoms with van der Waals surface area (Å²) in [5.74, 6) is -0.221. The number of fused-ring (bicyclic) bond motifs is 1. The fourth-order valence-corrected chi connectivity index (χ4v) is 2.11. The Morgan fingerprint density at radius 2 is 2.12 bits per heavy atom. The van der Waals surface area contributed by atoms with E-state index in [1.165, 1.54) is 6.07 Å². The van der Waals surface area contributed by atoms with Crippen LogP contribution in [0, 0.1) is 0 Å². The van der Waals surface area contributed by atoms with Crippen LogP contribution in [0.4, 0.5) is 4.79 Å². The van der Waals surface area contributed by atoms with E-state index in [2.05, 4.69) is 0 Å². The zero-order valence-electron chi connectivity index (χ0n) is 8.51. The lowest BCUT2D eigenvalue weighted by Crippen LogP contribution is -2.18. The van der Waals surface area contributed by atoms with Gasteiger partial charge in [-0.05, 0) is 12.1 Å². The number of hydrogen-bond acceptors (Lipinski definition) is 3. The molecule has 1 unspecified atom stereocenters. The summed E-state index contributed by atoms with van der Waals surface area (Å²) in [6.45, 7) is 0. The molecule has 0 saturated heterocycles. The van der Waals surface area contributed by atoms with Gasteiger partial charge in [0.1, 0.15) is 0 Å². The summed E-state index contributed by atoms with van der Waals surface area (Å²) in [5, 5.41) is 10.2. The van der Waals surface area contributed by atoms with E-state index < -0.39 is 16.8 Å². The van der Waals surface area contributed by atoms with Gasteiger partial charge in [0, 0.05) is 33.4 Å². The first-order valence-corrected chi connectivity index (χ1v) is 6.04. The number of primary amides is 1. The van der Waals surface area contributed by atoms with Crippen LogP contribution in [0.2, 0.25) is 0 Å². The zero-order chi connectivity index (χ0) is 11.9. The van der Waals surface area contributed by atoms with Gasteiger partial charge in [-0.1, -0.05) is 6.07 Å². The lowest BCUT2D eigenvalue weighted by molar-refractivity contribution is 0.248. The fourth-order valence-electron chi connectivity index (χ4n) is 1.58. The molecular weight excluding hydrogens is 228 g/mol. The summed E-state index contributed by atoms with van der Waals surface area (Å²) >= 11 is 0. The highest BCUT2D eigenvalue weighted by molar-refractivity contribution is 7.84. The van der Waals surface area contributed by atoms with Crippen molar-refractivity contribution in [1.82, 2.24) is 4.57 Å². The number of benzene rings is 1. The van der Waals surface area contributed by atoms with Crippen LogP contribution in [-0.4, -0.2) is 26.2 Å². The fraction of sp³-hybridized carbons (Fsp3) is 0.100. The number of aromatic nitrogens is 1. The number of hydrogen-bond donors (Lipinski definition) is 2. The molecule has 0 fully saturated rings. The molecular formula is C10H10N2O3S. The second-order valence-electron chi connectivity index (χ2n) is 3.35. The largest absolute Gasteiger partial charge is 0.494 e. The van der Waals surface area contributed by atoms with E-state index in [-0.39, 0.29) is 5.88 Å². The van der Waals surface area contributed by atoms with Crippen LogP contribution in [0.1, 0.15) is 0 Å². The normalized spacial score (nSPS) is 12.8. The molecule has 0 aliphatic carbocycles. The molecule has 6 heteroatoms. The molecule has 0 saturated carbocycles. The van der Waals surface area contributed by atoms with E-state index in [9.17, 15) is 14.1 Å². The van der Waals surface area contributed by atoms with Crippen molar-refractivity contribution >= 4 is 27.7 Å². The Bertz CT molecular complexity index is 603. The molecule has 3 N–H and O–H groups in total. The minimum Gasteiger partial charge on any atom is -0.494 e. The summed E-state index contributed by atoms with van der Waals surface area (Å²) in [7, 11) is -1.14. The zero-order valence-corrected chi connectivity index (χ0v) is 9.32. The molecule has 2 aromatic rings. The van der Waals surface area contributed by atoms with Gasteiger partial charge in [-0.15, -0.1) is 0 Å². The van der Waals surface area contributed by atoms with Crippen LogP contribution in [0.3, 0.4) is 0 Å². The first-order chi connectivity index (χ1) is 7.50. The van der Waals surface area contributed by atoms with Gasteiger partial charge in [-0.2, -0.15) is 0 Å². The third-order valence-electron chi connectivity index (χ3n) is 2.31. The number of rotatable bonds is 1. The van der Waals surface area contributed by atoms with Gasteiger partial charge in [-0.3, -0.25) is 4.21 Å². The molecule has 0 bridgehead atoms. The molecule has 1 aromatic heterocycles. The topological polar surface area (TPSA) is 85.3 Å². The molecule has 0 radical (unpaired) electrons. The summed E-state index contributed by atoms with van der Waals surface area (Å²) in [5.41, 5.74) is 5.60. The van der Waals surface area contributed by atoms with E-state index in [0.29, 0.717) is 15.8 Å². The van der Waals surface area contributed by atoms with Crippen LogP contribution in [0.5, 0.6) is 5.88 Å². The lowest BCUT2D eigenvalue weighted by atomic mass is 10.2. The minimum atomic E-state index is -1.14. The van der Waals surface area contributed by atoms with E-state index in [1.807, 2.05) is 0 Å². The number of aromatic hydroxyl groups is 1. The van der Waals surface area contributed by atoms with E-state index in [4.69, 9.17) is 5.73 Å². The molecule has 1 amide bonds. The molecule has 1 heterocycles. The Morgan fingerprint density at radius 3 is 2.69 bits per heavy atom. The Labute approximate surface area is 93.9 Å². The molecule has 16 heavy (non-hydrogen) atoms. The highest BCUT2D eigenvalue weighted by Crippen LogP contribution is 2.25. The van der Waals surface area contributed by atoms with Gasteiger partial charge in [-0.25, -0.2) is 9.36 Å². The van der Waals surface area contributed by atoms with Crippen molar-refractivity contribution in [3.63, 3.8) is 0 Å². The van der Waals surface area contributed by atoms with Gasteiger partial charge in [0.05, 0.1) is 5.52 Å². The maximum absolute atomic E-state index is 11.3. The predicted octanol–water partition coefficient (Wildman–Crippen LogP) is 1.01. The first-order valence-electron chi connectivity index (χ1n) is 4.48. The van der Waals surface area contributed by atoms with Crippen molar-refractivity contribution in [3.05, 3.63) is 24.3 Å². The third-order valence-corrected chi connectivity index (χ3v) is 3.23. The summed E-state index contributed by atoms with van der Waals surface area (Å²) < 4.78 is 12.3. The highest BCUT2D eigenvalue weighted by Gasteiger charge is 2.12. The summed E-state index contributed by atoms with van der Waals surface area (Å²) in [6.07, 6.45) is 1.54. The van der Waals surface area contributed by atoms with Crippen molar-refractivity contribution < 1.29 is 14.1 Å². The Hall–Kier alpha value is -1.82. The third kappa shape index (κ3) is 1.57. The quantitative estimate of drug-likeness (QED) is 0.777. The van der Waals surface area contributed by atoms with E-state index in [0.717, 1.165) is 4.57 Å². The highest BCUT2D eigenvalue weighted by atomic mass is 32.2. The van der Waals surface area contributed by atoms with Crippen molar-refractivity contribution in [2.45, 2.75) is 4.90 Å². The molecule has 0 aliphatic heterocycles. The van der Waals surface area contributed by atoms with Crippen LogP contribution < -0.4 is 5.73 Å². The van der Waals surface area contributed by atoms with Gasteiger partial charge >= 0.3 is 6.03 Å². The first kappa shape index (κ1) is 10.7. The standard InChI is InChI=1S/C10H10N2O3S/c1-16(15)7-3-2-6-4-9(13)12(10(11)14)8(6)5-7/h2-5,13H,1H3,(H2,11,14). The van der Waals surface area contributed by atoms with Crippen molar-refractivity contribution in [2.75, 3.05) is 6.26 Å². The SMILES string of the molecule is CS(=O)c1ccc2cc(O)n(C(N)=O)c2c1. The second-order valence-corrected chi connectivity index (χ2v) is 4.73. The number of carbonyl (C=O) groups is 1. The van der Waals surface area contributed by atoms with Crippen LogP contribution in [-0.2, 0) is 10.8 Å². The molecule has 1 atom stereocenters. The molecule has 1 aromatic carbocycles. The van der Waals surface area contributed by atoms with Gasteiger partial charge in [0.25, 0.3) is 0 Å². The number of nitrogens with zero attached hydrogens (tertiary/aromatic N) is 1. The molecule has 2 rings (SSSR count). The Balaban J connectivity index is 2.79. The minimum absolute atomic E-state index is 0.221. The molecule has 84 valence electrons. The van der Waals surface area contributed by atoms with Crippen LogP contribution >= 0.6 is 0 Å². The van der Waals surface area contributed by atoms with Gasteiger partial charge in [0.2, 0.25) is 0 Å². The predicted molar refractivity (Wildman–Crippen MR) is 60.9 cm³/mol. The maximum atomic E-state index is 11.3. The Kier molecular flexibility index (Phi) is 2.43. The van der Waals surface area contributed by atoms with Crippen molar-refractivity contribution in [3.8, 4) is 5.88 Å². The average molecular weight is 238 g/mol. The molecule has 0 aliphatic rings. The summed E-state index contributed by atoms with van der Waals surface area (Å²) in [6, 6.07) is 5.61. The van der Waals surface area contributed by atoms with Crippen molar-refractivity contribution in [1.29, 1.82) is 0 Å². The van der Waals surface area contributed by atoms with Gasteiger partial charge < -0.3 is 10.8 Å². The monoisotopic (exact) mass is 238 g/mol. The summed E-state index contributed by atoms with van der Waals surface area (Å²) in [4.78, 5) is 11.7. The van der Waals surface area contributed by atoms with E-state index in [1.54, 1.807) is 24.5 Å². The molecule has 5 nitrogen and oxygen atoms in total. The van der Waals surface area contributed by atoms with Crippen molar-refractivity contribution in [2.24, 2.45) is 5.73 Å².